The highest BCUT2D eigenvalue weighted by atomic mass is 16.5. The number of carbonyl (C=O) groups is 1. The number of amides is 1. The Kier molecular flexibility index (Phi) is 5.49. The largest absolute Gasteiger partial charge is 0.497 e. The summed E-state index contributed by atoms with van der Waals surface area (Å²) in [6.07, 6.45) is 1.98. The molecule has 1 aliphatic rings. The van der Waals surface area contributed by atoms with Gasteiger partial charge >= 0.3 is 0 Å². The lowest BCUT2D eigenvalue weighted by molar-refractivity contribution is 0.0677. The van der Waals surface area contributed by atoms with Gasteiger partial charge in [-0.15, -0.1) is 0 Å². The van der Waals surface area contributed by atoms with E-state index in [1.165, 1.54) is 5.69 Å². The van der Waals surface area contributed by atoms with Gasteiger partial charge in [-0.2, -0.15) is 5.10 Å². The van der Waals surface area contributed by atoms with Crippen LogP contribution in [0.25, 0.3) is 0 Å². The molecule has 6 nitrogen and oxygen atoms in total. The number of aromatic nitrogens is 2. The molecule has 0 bridgehead atoms. The van der Waals surface area contributed by atoms with Crippen molar-refractivity contribution in [3.8, 4) is 11.5 Å². The normalized spacial score (nSPS) is 15.2. The molecule has 1 amide bonds. The zero-order valence-electron chi connectivity index (χ0n) is 16.0. The van der Waals surface area contributed by atoms with Crippen LogP contribution in [0.15, 0.2) is 24.3 Å². The molecule has 0 unspecified atom stereocenters. The van der Waals surface area contributed by atoms with E-state index in [2.05, 4.69) is 22.8 Å². The standard InChI is InChI=1S/C20H27N3O3/c1-14-11-15(2)23(21-14)13-16-7-9-22(10-8-16)20(24)18-6-5-17(25-3)12-19(18)26-4/h5-6,11-12,16H,7-10,13H2,1-4H3. The van der Waals surface area contributed by atoms with Crippen molar-refractivity contribution in [2.45, 2.75) is 33.2 Å². The predicted octanol–water partition coefficient (Wildman–Crippen LogP) is 3.07. The van der Waals surface area contributed by atoms with Gasteiger partial charge in [0.1, 0.15) is 11.5 Å². The first kappa shape index (κ1) is 18.3. The summed E-state index contributed by atoms with van der Waals surface area (Å²) < 4.78 is 12.7. The second kappa shape index (κ2) is 7.81. The van der Waals surface area contributed by atoms with E-state index in [1.807, 2.05) is 11.8 Å². The second-order valence-electron chi connectivity index (χ2n) is 6.91. The number of methoxy groups -OCH3 is 2. The first-order valence-electron chi connectivity index (χ1n) is 9.04. The maximum atomic E-state index is 12.9. The lowest BCUT2D eigenvalue weighted by atomic mass is 9.96. The first-order chi connectivity index (χ1) is 12.5. The highest BCUT2D eigenvalue weighted by Crippen LogP contribution is 2.28. The number of benzene rings is 1. The quantitative estimate of drug-likeness (QED) is 0.825. The fourth-order valence-corrected chi connectivity index (χ4v) is 3.57. The molecular weight excluding hydrogens is 330 g/mol. The third-order valence-corrected chi connectivity index (χ3v) is 5.08. The Labute approximate surface area is 154 Å². The van der Waals surface area contributed by atoms with Crippen molar-refractivity contribution < 1.29 is 14.3 Å². The van der Waals surface area contributed by atoms with Crippen LogP contribution in [0.2, 0.25) is 0 Å². The van der Waals surface area contributed by atoms with E-state index in [9.17, 15) is 4.79 Å². The molecule has 2 aromatic rings. The van der Waals surface area contributed by atoms with E-state index in [-0.39, 0.29) is 5.91 Å². The summed E-state index contributed by atoms with van der Waals surface area (Å²) >= 11 is 0. The summed E-state index contributed by atoms with van der Waals surface area (Å²) in [6, 6.07) is 7.44. The Balaban J connectivity index is 1.62. The number of aryl methyl sites for hydroxylation is 2. The van der Waals surface area contributed by atoms with Gasteiger partial charge in [-0.1, -0.05) is 0 Å². The van der Waals surface area contributed by atoms with Gasteiger partial charge in [0.25, 0.3) is 5.91 Å². The topological polar surface area (TPSA) is 56.6 Å². The molecule has 3 rings (SSSR count). The summed E-state index contributed by atoms with van der Waals surface area (Å²) in [7, 11) is 3.18. The lowest BCUT2D eigenvalue weighted by Gasteiger charge is -2.32. The number of hydrogen-bond acceptors (Lipinski definition) is 4. The van der Waals surface area contributed by atoms with Gasteiger partial charge in [-0.25, -0.2) is 0 Å². The summed E-state index contributed by atoms with van der Waals surface area (Å²) in [4.78, 5) is 14.8. The van der Waals surface area contributed by atoms with E-state index in [0.29, 0.717) is 23.0 Å². The molecule has 1 aromatic heterocycles. The predicted molar refractivity (Wildman–Crippen MR) is 99.9 cm³/mol. The lowest BCUT2D eigenvalue weighted by Crippen LogP contribution is -2.39. The highest BCUT2D eigenvalue weighted by Gasteiger charge is 2.26. The molecule has 1 aliphatic heterocycles. The van der Waals surface area contributed by atoms with Crippen LogP contribution >= 0.6 is 0 Å². The summed E-state index contributed by atoms with van der Waals surface area (Å²) in [5.74, 6) is 1.81. The number of hydrogen-bond donors (Lipinski definition) is 0. The van der Waals surface area contributed by atoms with Crippen LogP contribution in [0.4, 0.5) is 0 Å². The highest BCUT2D eigenvalue weighted by molar-refractivity contribution is 5.97. The van der Waals surface area contributed by atoms with Crippen molar-refractivity contribution in [1.29, 1.82) is 0 Å². The molecule has 6 heteroatoms. The molecule has 140 valence electrons. The number of likely N-dealkylation sites (tertiary alicyclic amines) is 1. The Hall–Kier alpha value is -2.50. The molecule has 0 saturated carbocycles. The van der Waals surface area contributed by atoms with Crippen LogP contribution in [0.5, 0.6) is 11.5 Å². The maximum absolute atomic E-state index is 12.9. The minimum Gasteiger partial charge on any atom is -0.497 e. The Morgan fingerprint density at radius 1 is 1.15 bits per heavy atom. The van der Waals surface area contributed by atoms with Crippen LogP contribution in [-0.4, -0.2) is 47.9 Å². The molecule has 0 atom stereocenters. The average Bonchev–Trinajstić information content (AvgIpc) is 2.98. The molecule has 1 saturated heterocycles. The van der Waals surface area contributed by atoms with Crippen LogP contribution in [0.3, 0.4) is 0 Å². The minimum atomic E-state index is 0.0223. The van der Waals surface area contributed by atoms with E-state index < -0.39 is 0 Å². The number of piperidine rings is 1. The van der Waals surface area contributed by atoms with Gasteiger partial charge in [-0.3, -0.25) is 9.48 Å². The SMILES string of the molecule is COc1ccc(C(=O)N2CCC(Cn3nc(C)cc3C)CC2)c(OC)c1. The minimum absolute atomic E-state index is 0.0223. The van der Waals surface area contributed by atoms with Gasteiger partial charge in [0.15, 0.2) is 0 Å². The zero-order chi connectivity index (χ0) is 18.7. The Morgan fingerprint density at radius 3 is 2.46 bits per heavy atom. The van der Waals surface area contributed by atoms with Gasteiger partial charge in [0, 0.05) is 31.4 Å². The summed E-state index contributed by atoms with van der Waals surface area (Å²) in [5, 5.41) is 4.55. The summed E-state index contributed by atoms with van der Waals surface area (Å²) in [5.41, 5.74) is 2.84. The smallest absolute Gasteiger partial charge is 0.257 e. The molecule has 0 radical (unpaired) electrons. The molecule has 0 N–H and O–H groups in total. The number of ether oxygens (including phenoxy) is 2. The van der Waals surface area contributed by atoms with Gasteiger partial charge in [0.2, 0.25) is 0 Å². The fourth-order valence-electron chi connectivity index (χ4n) is 3.57. The average molecular weight is 357 g/mol. The second-order valence-corrected chi connectivity index (χ2v) is 6.91. The van der Waals surface area contributed by atoms with Crippen LogP contribution in [-0.2, 0) is 6.54 Å². The molecule has 1 fully saturated rings. The monoisotopic (exact) mass is 357 g/mol. The van der Waals surface area contributed by atoms with Crippen LogP contribution in [0, 0.1) is 19.8 Å². The Bertz CT molecular complexity index is 777. The first-order valence-corrected chi connectivity index (χ1v) is 9.04. The molecule has 0 spiro atoms. The van der Waals surface area contributed by atoms with Crippen molar-refractivity contribution in [2.24, 2.45) is 5.92 Å². The van der Waals surface area contributed by atoms with Crippen molar-refractivity contribution >= 4 is 5.91 Å². The van der Waals surface area contributed by atoms with Gasteiger partial charge in [-0.05, 0) is 50.8 Å². The number of nitrogens with zero attached hydrogens (tertiary/aromatic N) is 3. The fraction of sp³-hybridized carbons (Fsp3) is 0.500. The van der Waals surface area contributed by atoms with E-state index in [4.69, 9.17) is 9.47 Å². The number of carbonyl (C=O) groups excluding carboxylic acids is 1. The van der Waals surface area contributed by atoms with E-state index in [0.717, 1.165) is 38.2 Å². The number of rotatable bonds is 5. The van der Waals surface area contributed by atoms with Crippen molar-refractivity contribution in [1.82, 2.24) is 14.7 Å². The Morgan fingerprint density at radius 2 is 1.88 bits per heavy atom. The molecule has 26 heavy (non-hydrogen) atoms. The third kappa shape index (κ3) is 3.84. The maximum Gasteiger partial charge on any atom is 0.257 e. The van der Waals surface area contributed by atoms with Gasteiger partial charge < -0.3 is 14.4 Å². The summed E-state index contributed by atoms with van der Waals surface area (Å²) in [6.45, 7) is 6.56. The third-order valence-electron chi connectivity index (χ3n) is 5.08. The van der Waals surface area contributed by atoms with E-state index >= 15 is 0 Å². The molecular formula is C20H27N3O3. The zero-order valence-corrected chi connectivity index (χ0v) is 16.0. The van der Waals surface area contributed by atoms with Gasteiger partial charge in [0.05, 0.1) is 25.5 Å². The van der Waals surface area contributed by atoms with Crippen LogP contribution < -0.4 is 9.47 Å². The molecule has 1 aromatic carbocycles. The van der Waals surface area contributed by atoms with E-state index in [1.54, 1.807) is 32.4 Å². The van der Waals surface area contributed by atoms with Crippen molar-refractivity contribution in [2.75, 3.05) is 27.3 Å². The van der Waals surface area contributed by atoms with Crippen LogP contribution in [0.1, 0.15) is 34.6 Å². The van der Waals surface area contributed by atoms with Crippen molar-refractivity contribution in [3.63, 3.8) is 0 Å². The molecule has 0 aliphatic carbocycles. The molecule has 2 heterocycles. The van der Waals surface area contributed by atoms with Crippen molar-refractivity contribution in [3.05, 3.63) is 41.2 Å².